The first kappa shape index (κ1) is 49.8. The molecule has 16 nitrogen and oxygen atoms in total. The number of aryl methyl sites for hydroxylation is 1. The number of nitrogens with one attached hydrogen (secondary N) is 2. The third-order valence-corrected chi connectivity index (χ3v) is 9.89. The highest BCUT2D eigenvalue weighted by atomic mass is 32.1. The molecule has 2 heterocycles. The summed E-state index contributed by atoms with van der Waals surface area (Å²) >= 11 is 1.57. The SMILES string of the molecule is Cc1ncsc1-c1ccc(CNC(=O)[C@@H]2C[C@@H](O)CN2C(=O)[C@@H](NC(=O)CCOCCOCCOCCOCCOCCOCCC(=O)OC(C)(C)C)C(C)(C)C)cc1. The van der Waals surface area contributed by atoms with Gasteiger partial charge in [0.2, 0.25) is 17.7 Å². The summed E-state index contributed by atoms with van der Waals surface area (Å²) in [6.45, 7) is 17.5. The van der Waals surface area contributed by atoms with E-state index in [2.05, 4.69) is 15.6 Å². The number of aromatic nitrogens is 1. The van der Waals surface area contributed by atoms with E-state index in [-0.39, 0.29) is 70.0 Å². The van der Waals surface area contributed by atoms with Gasteiger partial charge in [0.1, 0.15) is 17.7 Å². The molecule has 0 radical (unpaired) electrons. The zero-order chi connectivity index (χ0) is 43.3. The number of carbonyl (C=O) groups excluding carboxylic acids is 4. The highest BCUT2D eigenvalue weighted by Gasteiger charge is 2.44. The summed E-state index contributed by atoms with van der Waals surface area (Å²) in [5, 5.41) is 16.3. The van der Waals surface area contributed by atoms with Gasteiger partial charge < -0.3 is 53.8 Å². The van der Waals surface area contributed by atoms with Crippen LogP contribution in [0.5, 0.6) is 0 Å². The zero-order valence-corrected chi connectivity index (χ0v) is 36.7. The Morgan fingerprint density at radius 1 is 0.797 bits per heavy atom. The largest absolute Gasteiger partial charge is 0.460 e. The van der Waals surface area contributed by atoms with Crippen molar-refractivity contribution in [3.8, 4) is 10.4 Å². The number of nitrogens with zero attached hydrogens (tertiary/aromatic N) is 2. The molecule has 3 atom stereocenters. The molecular weight excluding hydrogens is 785 g/mol. The van der Waals surface area contributed by atoms with Crippen molar-refractivity contribution in [2.24, 2.45) is 5.41 Å². The molecule has 0 bridgehead atoms. The van der Waals surface area contributed by atoms with Crippen LogP contribution in [-0.4, -0.2) is 148 Å². The lowest BCUT2D eigenvalue weighted by molar-refractivity contribution is -0.156. The van der Waals surface area contributed by atoms with Crippen LogP contribution in [0, 0.1) is 12.3 Å². The van der Waals surface area contributed by atoms with Gasteiger partial charge in [-0.25, -0.2) is 4.98 Å². The first-order valence-electron chi connectivity index (χ1n) is 20.3. The minimum atomic E-state index is -0.921. The summed E-state index contributed by atoms with van der Waals surface area (Å²) in [6.07, 6.45) is -0.509. The van der Waals surface area contributed by atoms with Crippen molar-refractivity contribution in [1.29, 1.82) is 0 Å². The van der Waals surface area contributed by atoms with Gasteiger partial charge in [-0.2, -0.15) is 0 Å². The van der Waals surface area contributed by atoms with Crippen LogP contribution in [0.15, 0.2) is 29.8 Å². The second kappa shape index (κ2) is 25.9. The van der Waals surface area contributed by atoms with Gasteiger partial charge >= 0.3 is 5.97 Å². The van der Waals surface area contributed by atoms with Crippen LogP contribution in [0.4, 0.5) is 0 Å². The van der Waals surface area contributed by atoms with E-state index in [9.17, 15) is 24.3 Å². The number of aliphatic hydroxyl groups excluding tert-OH is 1. The van der Waals surface area contributed by atoms with Crippen molar-refractivity contribution >= 4 is 35.0 Å². The molecular formula is C42H66N4O12S. The molecule has 3 amide bonds. The number of esters is 1. The van der Waals surface area contributed by atoms with Crippen molar-refractivity contribution in [1.82, 2.24) is 20.5 Å². The molecule has 2 aromatic rings. The molecule has 1 aliphatic heterocycles. The van der Waals surface area contributed by atoms with Crippen molar-refractivity contribution in [2.75, 3.05) is 85.8 Å². The van der Waals surface area contributed by atoms with E-state index >= 15 is 0 Å². The summed E-state index contributed by atoms with van der Waals surface area (Å²) < 4.78 is 38.1. The number of aliphatic hydroxyl groups is 1. The van der Waals surface area contributed by atoms with Crippen molar-refractivity contribution in [2.45, 2.75) is 98.1 Å². The second-order valence-electron chi connectivity index (χ2n) is 16.2. The van der Waals surface area contributed by atoms with E-state index in [4.69, 9.17) is 33.2 Å². The zero-order valence-electron chi connectivity index (χ0n) is 35.9. The van der Waals surface area contributed by atoms with Gasteiger partial charge in [0.25, 0.3) is 0 Å². The molecule has 1 aliphatic rings. The third kappa shape index (κ3) is 19.6. The number of hydrogen-bond acceptors (Lipinski definition) is 14. The molecule has 1 saturated heterocycles. The molecule has 1 fully saturated rings. The Kier molecular flexibility index (Phi) is 21.9. The topological polar surface area (TPSA) is 193 Å². The number of rotatable bonds is 27. The third-order valence-electron chi connectivity index (χ3n) is 8.92. The van der Waals surface area contributed by atoms with Gasteiger partial charge in [-0.15, -0.1) is 11.3 Å². The molecule has 1 aromatic heterocycles. The molecule has 0 saturated carbocycles. The summed E-state index contributed by atoms with van der Waals surface area (Å²) in [4.78, 5) is 58.5. The number of benzene rings is 1. The Hall–Kier alpha value is -3.55. The highest BCUT2D eigenvalue weighted by Crippen LogP contribution is 2.28. The predicted molar refractivity (Wildman–Crippen MR) is 222 cm³/mol. The number of ether oxygens (including phenoxy) is 7. The fourth-order valence-corrected chi connectivity index (χ4v) is 6.74. The molecule has 3 N–H and O–H groups in total. The van der Waals surface area contributed by atoms with Crippen molar-refractivity contribution in [3.63, 3.8) is 0 Å². The van der Waals surface area contributed by atoms with Crippen LogP contribution in [0.3, 0.4) is 0 Å². The Morgan fingerprint density at radius 3 is 1.78 bits per heavy atom. The summed E-state index contributed by atoms with van der Waals surface area (Å²) in [5.74, 6) is -1.43. The quantitative estimate of drug-likeness (QED) is 0.0876. The normalized spacial score (nSPS) is 16.2. The maximum absolute atomic E-state index is 13.9. The van der Waals surface area contributed by atoms with Gasteiger partial charge in [0.15, 0.2) is 0 Å². The highest BCUT2D eigenvalue weighted by molar-refractivity contribution is 7.13. The van der Waals surface area contributed by atoms with Crippen LogP contribution in [0.2, 0.25) is 0 Å². The first-order chi connectivity index (χ1) is 28.0. The van der Waals surface area contributed by atoms with Gasteiger partial charge in [0, 0.05) is 25.9 Å². The van der Waals surface area contributed by atoms with Crippen LogP contribution in [0.25, 0.3) is 10.4 Å². The molecule has 3 rings (SSSR count). The predicted octanol–water partition coefficient (Wildman–Crippen LogP) is 3.45. The summed E-state index contributed by atoms with van der Waals surface area (Å²) in [7, 11) is 0. The molecule has 1 aromatic carbocycles. The van der Waals surface area contributed by atoms with E-state index < -0.39 is 35.1 Å². The second-order valence-corrected chi connectivity index (χ2v) is 17.1. The lowest BCUT2D eigenvalue weighted by atomic mass is 9.85. The molecule has 332 valence electrons. The van der Waals surface area contributed by atoms with Gasteiger partial charge in [-0.3, -0.25) is 19.2 Å². The number of β-amino-alcohol motifs (C(OH)–C–C–N with tert-alkyl or cyclic N) is 1. The van der Waals surface area contributed by atoms with Crippen LogP contribution in [-0.2, 0) is 58.9 Å². The number of amides is 3. The Morgan fingerprint density at radius 2 is 1.31 bits per heavy atom. The summed E-state index contributed by atoms with van der Waals surface area (Å²) in [6, 6.07) is 6.08. The van der Waals surface area contributed by atoms with Gasteiger partial charge in [-0.05, 0) is 44.2 Å². The monoisotopic (exact) mass is 850 g/mol. The lowest BCUT2D eigenvalue weighted by Gasteiger charge is -2.35. The van der Waals surface area contributed by atoms with E-state index in [1.54, 1.807) is 11.3 Å². The molecule has 0 aliphatic carbocycles. The van der Waals surface area contributed by atoms with Crippen LogP contribution in [0.1, 0.15) is 72.1 Å². The first-order valence-corrected chi connectivity index (χ1v) is 21.2. The standard InChI is InChI=1S/C42H66N4O12S/c1-30-37(59-29-44-30)32-10-8-31(9-11-32)27-43-39(50)34-26-33(47)28-46(34)40(51)38(41(2,3)4)45-35(48)12-14-52-16-18-54-20-22-56-24-25-57-23-21-55-19-17-53-15-13-36(49)58-42(5,6)7/h8-11,29,33-34,38,47H,12-28H2,1-7H3,(H,43,50)(H,45,48)/t33-,34+,38-/m1/s1. The Bertz CT molecular complexity index is 1560. The fraction of sp³-hybridized carbons (Fsp3) is 0.690. The Labute approximate surface area is 352 Å². The van der Waals surface area contributed by atoms with E-state index in [0.29, 0.717) is 59.5 Å². The van der Waals surface area contributed by atoms with Crippen molar-refractivity contribution in [3.05, 3.63) is 41.0 Å². The van der Waals surface area contributed by atoms with Gasteiger partial charge in [-0.1, -0.05) is 45.0 Å². The maximum Gasteiger partial charge on any atom is 0.308 e. The maximum atomic E-state index is 13.9. The molecule has 59 heavy (non-hydrogen) atoms. The average Bonchev–Trinajstić information content (AvgIpc) is 3.79. The molecule has 0 unspecified atom stereocenters. The van der Waals surface area contributed by atoms with Crippen LogP contribution >= 0.6 is 11.3 Å². The number of hydrogen-bond donors (Lipinski definition) is 3. The van der Waals surface area contributed by atoms with Crippen LogP contribution < -0.4 is 10.6 Å². The van der Waals surface area contributed by atoms with Crippen molar-refractivity contribution < 1.29 is 57.4 Å². The number of carbonyl (C=O) groups is 4. The smallest absolute Gasteiger partial charge is 0.308 e. The van der Waals surface area contributed by atoms with E-state index in [1.165, 1.54) is 4.90 Å². The lowest BCUT2D eigenvalue weighted by Crippen LogP contribution is -2.57. The van der Waals surface area contributed by atoms with Gasteiger partial charge in [0.05, 0.1) is 108 Å². The minimum Gasteiger partial charge on any atom is -0.460 e. The van der Waals surface area contributed by atoms with E-state index in [1.807, 2.05) is 78.2 Å². The average molecular weight is 851 g/mol. The number of thiazole rings is 1. The minimum absolute atomic E-state index is 0.00112. The molecule has 17 heteroatoms. The number of likely N-dealkylation sites (tertiary alicyclic amines) is 1. The Balaban J connectivity index is 1.22. The summed E-state index contributed by atoms with van der Waals surface area (Å²) in [5.41, 5.74) is 3.56. The van der Waals surface area contributed by atoms with E-state index in [0.717, 1.165) is 21.7 Å². The molecule has 0 spiro atoms. The fourth-order valence-electron chi connectivity index (χ4n) is 5.93.